The van der Waals surface area contributed by atoms with Crippen LogP contribution >= 0.6 is 0 Å². The number of para-hydroxylation sites is 1. The summed E-state index contributed by atoms with van der Waals surface area (Å²) in [5, 5.41) is 6.86. The van der Waals surface area contributed by atoms with Gasteiger partial charge in [0.1, 0.15) is 0 Å². The molecule has 0 atom stereocenters. The summed E-state index contributed by atoms with van der Waals surface area (Å²) in [5.74, 6) is 0. The van der Waals surface area contributed by atoms with Crippen molar-refractivity contribution in [3.63, 3.8) is 0 Å². The molecule has 3 rings (SSSR count). The molecule has 0 aliphatic heterocycles. The number of H-pyrrole nitrogens is 1. The number of fused-ring (bicyclic) bond motifs is 1. The molecule has 4 heteroatoms. The molecule has 1 heterocycles. The highest BCUT2D eigenvalue weighted by molar-refractivity contribution is 5.89. The second-order valence-electron chi connectivity index (χ2n) is 4.90. The first-order valence-electron chi connectivity index (χ1n) is 6.97. The van der Waals surface area contributed by atoms with Crippen LogP contribution in [0.1, 0.15) is 5.56 Å². The van der Waals surface area contributed by atoms with Crippen LogP contribution in [0, 0.1) is 0 Å². The van der Waals surface area contributed by atoms with Crippen molar-refractivity contribution in [3.8, 4) is 0 Å². The van der Waals surface area contributed by atoms with Crippen LogP contribution in [-0.4, -0.2) is 17.6 Å². The summed E-state index contributed by atoms with van der Waals surface area (Å²) in [6.45, 7) is 0.606. The zero-order valence-electron chi connectivity index (χ0n) is 11.6. The maximum absolute atomic E-state index is 11.7. The quantitative estimate of drug-likeness (QED) is 0.672. The number of nitrogens with one attached hydrogen (secondary N) is 3. The van der Waals surface area contributed by atoms with Gasteiger partial charge in [-0.25, -0.2) is 4.79 Å². The Labute approximate surface area is 123 Å². The van der Waals surface area contributed by atoms with Crippen molar-refractivity contribution < 1.29 is 4.79 Å². The highest BCUT2D eigenvalue weighted by Crippen LogP contribution is 2.14. The smallest absolute Gasteiger partial charge is 0.319 e. The van der Waals surface area contributed by atoms with Crippen molar-refractivity contribution in [2.24, 2.45) is 0 Å². The first-order chi connectivity index (χ1) is 10.3. The maximum atomic E-state index is 11.7. The van der Waals surface area contributed by atoms with Crippen LogP contribution in [0.3, 0.4) is 0 Å². The van der Waals surface area contributed by atoms with Crippen molar-refractivity contribution in [3.05, 3.63) is 66.4 Å². The molecule has 2 aromatic carbocycles. The predicted octanol–water partition coefficient (Wildman–Crippen LogP) is 3.53. The number of benzene rings is 2. The highest BCUT2D eigenvalue weighted by Gasteiger charge is 2.01. The molecule has 4 nitrogen and oxygen atoms in total. The summed E-state index contributed by atoms with van der Waals surface area (Å²) in [5.41, 5.74) is 3.14. The predicted molar refractivity (Wildman–Crippen MR) is 85.5 cm³/mol. The lowest BCUT2D eigenvalue weighted by atomic mass is 10.1. The SMILES string of the molecule is O=C(NCCc1ccc2[nH]ccc2c1)Nc1ccccc1. The molecule has 106 valence electrons. The van der Waals surface area contributed by atoms with Gasteiger partial charge < -0.3 is 15.6 Å². The van der Waals surface area contributed by atoms with Gasteiger partial charge in [0, 0.05) is 23.9 Å². The first-order valence-corrected chi connectivity index (χ1v) is 6.97. The fourth-order valence-corrected chi connectivity index (χ4v) is 2.28. The number of carbonyl (C=O) groups excluding carboxylic acids is 1. The van der Waals surface area contributed by atoms with Crippen LogP contribution in [0.15, 0.2) is 60.8 Å². The Hall–Kier alpha value is -2.75. The normalized spacial score (nSPS) is 10.5. The maximum Gasteiger partial charge on any atom is 0.319 e. The van der Waals surface area contributed by atoms with Gasteiger partial charge in [-0.1, -0.05) is 24.3 Å². The van der Waals surface area contributed by atoms with Crippen LogP contribution < -0.4 is 10.6 Å². The van der Waals surface area contributed by atoms with E-state index in [1.807, 2.05) is 42.6 Å². The molecule has 3 N–H and O–H groups in total. The molecule has 0 radical (unpaired) electrons. The van der Waals surface area contributed by atoms with Crippen molar-refractivity contribution >= 4 is 22.6 Å². The van der Waals surface area contributed by atoms with E-state index in [1.165, 1.54) is 10.9 Å². The molecule has 0 saturated heterocycles. The van der Waals surface area contributed by atoms with Gasteiger partial charge in [0.2, 0.25) is 0 Å². The Morgan fingerprint density at radius 1 is 1.05 bits per heavy atom. The Bertz CT molecular complexity index is 734. The van der Waals surface area contributed by atoms with Gasteiger partial charge >= 0.3 is 6.03 Å². The lowest BCUT2D eigenvalue weighted by Gasteiger charge is -2.07. The molecule has 21 heavy (non-hydrogen) atoms. The van der Waals surface area contributed by atoms with E-state index in [0.29, 0.717) is 6.54 Å². The summed E-state index contributed by atoms with van der Waals surface area (Å²) in [4.78, 5) is 14.9. The Morgan fingerprint density at radius 3 is 2.76 bits per heavy atom. The van der Waals surface area contributed by atoms with Crippen molar-refractivity contribution in [1.29, 1.82) is 0 Å². The van der Waals surface area contributed by atoms with E-state index in [1.54, 1.807) is 0 Å². The Kier molecular flexibility index (Phi) is 3.87. The number of aromatic amines is 1. The largest absolute Gasteiger partial charge is 0.361 e. The van der Waals surface area contributed by atoms with Gasteiger partial charge in [-0.15, -0.1) is 0 Å². The van der Waals surface area contributed by atoms with Gasteiger partial charge in [0.25, 0.3) is 0 Å². The van der Waals surface area contributed by atoms with E-state index in [0.717, 1.165) is 17.6 Å². The minimum atomic E-state index is -0.177. The van der Waals surface area contributed by atoms with Gasteiger partial charge in [-0.2, -0.15) is 0 Å². The average Bonchev–Trinajstić information content (AvgIpc) is 2.96. The number of amides is 2. The summed E-state index contributed by atoms with van der Waals surface area (Å²) in [6, 6.07) is 17.6. The molecule has 0 aliphatic carbocycles. The number of rotatable bonds is 4. The Morgan fingerprint density at radius 2 is 1.90 bits per heavy atom. The number of hydrogen-bond acceptors (Lipinski definition) is 1. The number of anilines is 1. The number of aromatic nitrogens is 1. The molecule has 0 bridgehead atoms. The van der Waals surface area contributed by atoms with Crippen LogP contribution in [0.25, 0.3) is 10.9 Å². The third-order valence-corrected chi connectivity index (χ3v) is 3.35. The lowest BCUT2D eigenvalue weighted by Crippen LogP contribution is -2.30. The zero-order chi connectivity index (χ0) is 14.5. The summed E-state index contributed by atoms with van der Waals surface area (Å²) in [7, 11) is 0. The Balaban J connectivity index is 1.50. The second-order valence-corrected chi connectivity index (χ2v) is 4.90. The van der Waals surface area contributed by atoms with E-state index < -0.39 is 0 Å². The second kappa shape index (κ2) is 6.13. The molecule has 0 unspecified atom stereocenters. The monoisotopic (exact) mass is 279 g/mol. The van der Waals surface area contributed by atoms with Crippen LogP contribution in [0.5, 0.6) is 0 Å². The van der Waals surface area contributed by atoms with Gasteiger partial charge in [0.15, 0.2) is 0 Å². The molecular formula is C17H17N3O. The van der Waals surface area contributed by atoms with Crippen molar-refractivity contribution in [1.82, 2.24) is 10.3 Å². The van der Waals surface area contributed by atoms with E-state index in [4.69, 9.17) is 0 Å². The first kappa shape index (κ1) is 13.2. The third kappa shape index (κ3) is 3.42. The highest BCUT2D eigenvalue weighted by atomic mass is 16.2. The molecule has 0 fully saturated rings. The van der Waals surface area contributed by atoms with Crippen LogP contribution in [-0.2, 0) is 6.42 Å². The molecule has 0 saturated carbocycles. The van der Waals surface area contributed by atoms with Crippen molar-refractivity contribution in [2.45, 2.75) is 6.42 Å². The third-order valence-electron chi connectivity index (χ3n) is 3.35. The fraction of sp³-hybridized carbons (Fsp3) is 0.118. The summed E-state index contributed by atoms with van der Waals surface area (Å²) >= 11 is 0. The number of hydrogen-bond donors (Lipinski definition) is 3. The fourth-order valence-electron chi connectivity index (χ4n) is 2.28. The minimum Gasteiger partial charge on any atom is -0.361 e. The summed E-state index contributed by atoms with van der Waals surface area (Å²) in [6.07, 6.45) is 2.74. The molecule has 2 amide bonds. The van der Waals surface area contributed by atoms with E-state index >= 15 is 0 Å². The van der Waals surface area contributed by atoms with Gasteiger partial charge in [-0.05, 0) is 47.7 Å². The molecule has 0 spiro atoms. The summed E-state index contributed by atoms with van der Waals surface area (Å²) < 4.78 is 0. The molecule has 1 aromatic heterocycles. The average molecular weight is 279 g/mol. The zero-order valence-corrected chi connectivity index (χ0v) is 11.6. The molecular weight excluding hydrogens is 262 g/mol. The van der Waals surface area contributed by atoms with E-state index in [9.17, 15) is 4.79 Å². The van der Waals surface area contributed by atoms with E-state index in [2.05, 4.69) is 33.8 Å². The van der Waals surface area contributed by atoms with Gasteiger partial charge in [0.05, 0.1) is 0 Å². The van der Waals surface area contributed by atoms with Crippen LogP contribution in [0.2, 0.25) is 0 Å². The topological polar surface area (TPSA) is 56.9 Å². The minimum absolute atomic E-state index is 0.177. The number of carbonyl (C=O) groups is 1. The van der Waals surface area contributed by atoms with Crippen molar-refractivity contribution in [2.75, 3.05) is 11.9 Å². The number of urea groups is 1. The molecule has 0 aliphatic rings. The van der Waals surface area contributed by atoms with E-state index in [-0.39, 0.29) is 6.03 Å². The van der Waals surface area contributed by atoms with Gasteiger partial charge in [-0.3, -0.25) is 0 Å². The van der Waals surface area contributed by atoms with Crippen LogP contribution in [0.4, 0.5) is 10.5 Å². The molecule has 3 aromatic rings. The standard InChI is InChI=1S/C17H17N3O/c21-17(20-15-4-2-1-3-5-15)19-10-8-13-6-7-16-14(12-13)9-11-18-16/h1-7,9,11-12,18H,8,10H2,(H2,19,20,21). The lowest BCUT2D eigenvalue weighted by molar-refractivity contribution is 0.252.